The van der Waals surface area contributed by atoms with E-state index in [1.54, 1.807) is 0 Å². The highest BCUT2D eigenvalue weighted by Gasteiger charge is 2.23. The summed E-state index contributed by atoms with van der Waals surface area (Å²) in [6, 6.07) is 0. The fourth-order valence-electron chi connectivity index (χ4n) is 0.584. The van der Waals surface area contributed by atoms with Gasteiger partial charge in [0.05, 0.1) is 0 Å². The first-order valence-electron chi connectivity index (χ1n) is 2.65. The van der Waals surface area contributed by atoms with Crippen LogP contribution in [0, 0.1) is 0 Å². The van der Waals surface area contributed by atoms with Gasteiger partial charge in [0.15, 0.2) is 0 Å². The molecular weight excluding hydrogens is 234 g/mol. The molecule has 1 rings (SSSR count). The Morgan fingerprint density at radius 2 is 1.92 bits per heavy atom. The first-order valence-corrected chi connectivity index (χ1v) is 3.44. The molecule has 0 aromatic carbocycles. The SMILES string of the molecule is O=C(O)c1nc(Br)oc1C(=O)O. The molecule has 0 saturated carbocycles. The van der Waals surface area contributed by atoms with E-state index in [0.717, 1.165) is 0 Å². The zero-order valence-corrected chi connectivity index (χ0v) is 7.03. The smallest absolute Gasteiger partial charge is 0.374 e. The summed E-state index contributed by atoms with van der Waals surface area (Å²) in [5.41, 5.74) is -0.616. The van der Waals surface area contributed by atoms with E-state index in [-0.39, 0.29) is 4.80 Å². The van der Waals surface area contributed by atoms with E-state index in [4.69, 9.17) is 10.2 Å². The van der Waals surface area contributed by atoms with Gasteiger partial charge >= 0.3 is 11.9 Å². The van der Waals surface area contributed by atoms with Crippen LogP contribution in [0.25, 0.3) is 0 Å². The van der Waals surface area contributed by atoms with E-state index in [9.17, 15) is 9.59 Å². The Morgan fingerprint density at radius 1 is 1.33 bits per heavy atom. The lowest BCUT2D eigenvalue weighted by Gasteiger charge is -1.86. The number of aromatic nitrogens is 1. The molecule has 0 aliphatic heterocycles. The number of carboxylic acids is 2. The lowest BCUT2D eigenvalue weighted by molar-refractivity contribution is 0.0623. The second-order valence-corrected chi connectivity index (χ2v) is 2.43. The third-order valence-corrected chi connectivity index (χ3v) is 1.34. The molecule has 0 saturated heterocycles. The second-order valence-electron chi connectivity index (χ2n) is 1.75. The van der Waals surface area contributed by atoms with Gasteiger partial charge in [0.25, 0.3) is 4.80 Å². The molecule has 2 N–H and O–H groups in total. The molecule has 0 radical (unpaired) electrons. The Morgan fingerprint density at radius 3 is 2.25 bits per heavy atom. The zero-order chi connectivity index (χ0) is 9.30. The molecular formula is C5H2BrNO5. The number of nitrogens with zero attached hydrogens (tertiary/aromatic N) is 1. The molecule has 7 heteroatoms. The molecule has 6 nitrogen and oxygen atoms in total. The number of carbonyl (C=O) groups is 2. The van der Waals surface area contributed by atoms with E-state index >= 15 is 0 Å². The summed E-state index contributed by atoms with van der Waals surface area (Å²) >= 11 is 2.72. The Hall–Kier alpha value is -1.37. The summed E-state index contributed by atoms with van der Waals surface area (Å²) < 4.78 is 4.46. The van der Waals surface area contributed by atoms with E-state index < -0.39 is 23.4 Å². The number of halogens is 1. The van der Waals surface area contributed by atoms with Crippen molar-refractivity contribution in [3.63, 3.8) is 0 Å². The normalized spacial score (nSPS) is 9.75. The van der Waals surface area contributed by atoms with Crippen molar-refractivity contribution >= 4 is 27.9 Å². The molecule has 0 bridgehead atoms. The molecule has 0 amide bonds. The van der Waals surface area contributed by atoms with Gasteiger partial charge in [0, 0.05) is 15.9 Å². The predicted molar refractivity (Wildman–Crippen MR) is 38.1 cm³/mol. The summed E-state index contributed by atoms with van der Waals surface area (Å²) in [6.45, 7) is 0. The minimum absolute atomic E-state index is 0.169. The van der Waals surface area contributed by atoms with Gasteiger partial charge in [-0.2, -0.15) is 4.98 Å². The van der Waals surface area contributed by atoms with Gasteiger partial charge in [-0.1, -0.05) is 0 Å². The molecule has 1 heterocycles. The number of rotatable bonds is 2. The number of hydrogen-bond donors (Lipinski definition) is 2. The minimum atomic E-state index is -1.47. The van der Waals surface area contributed by atoms with Crippen molar-refractivity contribution in [2.24, 2.45) is 0 Å². The quantitative estimate of drug-likeness (QED) is 0.788. The monoisotopic (exact) mass is 235 g/mol. The van der Waals surface area contributed by atoms with Gasteiger partial charge in [0.2, 0.25) is 11.5 Å². The van der Waals surface area contributed by atoms with Crippen molar-refractivity contribution in [1.82, 2.24) is 4.98 Å². The van der Waals surface area contributed by atoms with Crippen LogP contribution in [0.1, 0.15) is 21.0 Å². The topological polar surface area (TPSA) is 101 Å². The number of oxazole rings is 1. The van der Waals surface area contributed by atoms with Crippen molar-refractivity contribution < 1.29 is 24.2 Å². The fourth-order valence-corrected chi connectivity index (χ4v) is 0.923. The van der Waals surface area contributed by atoms with Gasteiger partial charge in [-0.25, -0.2) is 9.59 Å². The Balaban J connectivity index is 3.26. The van der Waals surface area contributed by atoms with Crippen LogP contribution in [0.2, 0.25) is 0 Å². The number of carboxylic acid groups (broad SMARTS) is 2. The largest absolute Gasteiger partial charge is 0.476 e. The molecule has 12 heavy (non-hydrogen) atoms. The predicted octanol–water partition coefficient (Wildman–Crippen LogP) is 0.834. The van der Waals surface area contributed by atoms with Gasteiger partial charge in [-0.15, -0.1) is 0 Å². The summed E-state index contributed by atoms with van der Waals surface area (Å²) in [5, 5.41) is 16.8. The Labute approximate surface area is 74.0 Å². The fraction of sp³-hybridized carbons (Fsp3) is 0. The maximum atomic E-state index is 10.3. The maximum absolute atomic E-state index is 10.3. The van der Waals surface area contributed by atoms with E-state index in [2.05, 4.69) is 25.3 Å². The lowest BCUT2D eigenvalue weighted by Crippen LogP contribution is -2.05. The van der Waals surface area contributed by atoms with Crippen LogP contribution in [0.15, 0.2) is 9.22 Å². The molecule has 0 unspecified atom stereocenters. The standard InChI is InChI=1S/C5H2BrNO5/c6-5-7-1(3(8)9)2(12-5)4(10)11/h(H,8,9)(H,10,11). The van der Waals surface area contributed by atoms with Crippen molar-refractivity contribution in [3.8, 4) is 0 Å². The van der Waals surface area contributed by atoms with Crippen LogP contribution in [-0.4, -0.2) is 27.1 Å². The van der Waals surface area contributed by atoms with Gasteiger partial charge in [-0.05, 0) is 0 Å². The second kappa shape index (κ2) is 2.94. The van der Waals surface area contributed by atoms with Gasteiger partial charge in [0.1, 0.15) is 0 Å². The summed E-state index contributed by atoms with van der Waals surface area (Å²) in [7, 11) is 0. The van der Waals surface area contributed by atoms with E-state index in [1.807, 2.05) is 0 Å². The average molecular weight is 236 g/mol. The van der Waals surface area contributed by atoms with Crippen LogP contribution in [0.3, 0.4) is 0 Å². The number of hydrogen-bond acceptors (Lipinski definition) is 4. The highest BCUT2D eigenvalue weighted by Crippen LogP contribution is 2.15. The van der Waals surface area contributed by atoms with Gasteiger partial charge in [-0.3, -0.25) is 0 Å². The van der Waals surface area contributed by atoms with E-state index in [0.29, 0.717) is 0 Å². The third kappa shape index (κ3) is 1.45. The highest BCUT2D eigenvalue weighted by molar-refractivity contribution is 9.10. The molecule has 0 fully saturated rings. The van der Waals surface area contributed by atoms with Crippen LogP contribution >= 0.6 is 15.9 Å². The summed E-state index contributed by atoms with van der Waals surface area (Å²) in [6.07, 6.45) is 0. The molecule has 0 aliphatic carbocycles. The molecule has 64 valence electrons. The minimum Gasteiger partial charge on any atom is -0.476 e. The van der Waals surface area contributed by atoms with Crippen LogP contribution < -0.4 is 0 Å². The van der Waals surface area contributed by atoms with Crippen LogP contribution in [0.5, 0.6) is 0 Å². The third-order valence-electron chi connectivity index (χ3n) is 0.998. The molecule has 0 spiro atoms. The summed E-state index contributed by atoms with van der Waals surface area (Å²) in [5.74, 6) is -3.60. The Kier molecular flexibility index (Phi) is 2.13. The van der Waals surface area contributed by atoms with Crippen molar-refractivity contribution in [2.45, 2.75) is 0 Å². The Bertz CT molecular complexity index is 312. The zero-order valence-electron chi connectivity index (χ0n) is 5.44. The van der Waals surface area contributed by atoms with Crippen molar-refractivity contribution in [1.29, 1.82) is 0 Å². The van der Waals surface area contributed by atoms with Gasteiger partial charge < -0.3 is 14.6 Å². The summed E-state index contributed by atoms with van der Waals surface area (Å²) in [4.78, 5) is 23.8. The highest BCUT2D eigenvalue weighted by atomic mass is 79.9. The van der Waals surface area contributed by atoms with Crippen molar-refractivity contribution in [3.05, 3.63) is 16.3 Å². The molecule has 1 aromatic rings. The number of aromatic carboxylic acids is 2. The van der Waals surface area contributed by atoms with Crippen molar-refractivity contribution in [2.75, 3.05) is 0 Å². The van der Waals surface area contributed by atoms with Crippen LogP contribution in [0.4, 0.5) is 0 Å². The lowest BCUT2D eigenvalue weighted by atomic mass is 10.3. The molecule has 0 aliphatic rings. The first-order chi connectivity index (χ1) is 5.52. The van der Waals surface area contributed by atoms with E-state index in [1.165, 1.54) is 0 Å². The molecule has 1 aromatic heterocycles. The molecule has 0 atom stereocenters. The van der Waals surface area contributed by atoms with Crippen LogP contribution in [-0.2, 0) is 0 Å². The maximum Gasteiger partial charge on any atom is 0.374 e. The average Bonchev–Trinajstić information content (AvgIpc) is 2.31. The first kappa shape index (κ1) is 8.72.